The summed E-state index contributed by atoms with van der Waals surface area (Å²) in [6.07, 6.45) is 8.16. The Morgan fingerprint density at radius 2 is 1.71 bits per heavy atom. The summed E-state index contributed by atoms with van der Waals surface area (Å²) in [4.78, 5) is 2.55. The van der Waals surface area contributed by atoms with Crippen molar-refractivity contribution in [2.24, 2.45) is 0 Å². The summed E-state index contributed by atoms with van der Waals surface area (Å²) in [6.45, 7) is 4.01. The van der Waals surface area contributed by atoms with Crippen molar-refractivity contribution in [1.29, 1.82) is 0 Å². The molecule has 1 aromatic carbocycles. The van der Waals surface area contributed by atoms with Crippen LogP contribution < -0.4 is 0 Å². The molecule has 4 aromatic rings. The Kier molecular flexibility index (Phi) is 4.62. The molecule has 3 aromatic heterocycles. The highest BCUT2D eigenvalue weighted by Crippen LogP contribution is 2.27. The highest BCUT2D eigenvalue weighted by molar-refractivity contribution is 5.37. The third-order valence-electron chi connectivity index (χ3n) is 5.59. The Balaban J connectivity index is 1.22. The van der Waals surface area contributed by atoms with Crippen LogP contribution in [0, 0.1) is 0 Å². The lowest BCUT2D eigenvalue weighted by Gasteiger charge is -2.31. The second kappa shape index (κ2) is 7.56. The van der Waals surface area contributed by atoms with Gasteiger partial charge in [0.2, 0.25) is 0 Å². The molecule has 5 rings (SSSR count). The molecule has 1 aliphatic rings. The van der Waals surface area contributed by atoms with E-state index in [1.807, 2.05) is 41.3 Å². The Labute approximate surface area is 164 Å². The van der Waals surface area contributed by atoms with Gasteiger partial charge in [-0.15, -0.1) is 10.2 Å². The SMILES string of the molecule is c1cc(CN2CCC(c3nnc4ccccn34)CC2)cc(Cn2cccn2)c1. The summed E-state index contributed by atoms with van der Waals surface area (Å²) < 4.78 is 4.10. The lowest BCUT2D eigenvalue weighted by molar-refractivity contribution is 0.201. The molecule has 0 aliphatic carbocycles. The van der Waals surface area contributed by atoms with Crippen molar-refractivity contribution in [3.05, 3.63) is 84.1 Å². The molecule has 0 N–H and O–H groups in total. The van der Waals surface area contributed by atoms with Crippen molar-refractivity contribution in [3.8, 4) is 0 Å². The van der Waals surface area contributed by atoms with Crippen LogP contribution >= 0.6 is 0 Å². The number of pyridine rings is 1. The quantitative estimate of drug-likeness (QED) is 0.539. The van der Waals surface area contributed by atoms with Crippen molar-refractivity contribution in [2.75, 3.05) is 13.1 Å². The zero-order chi connectivity index (χ0) is 18.8. The van der Waals surface area contributed by atoms with E-state index < -0.39 is 0 Å². The Morgan fingerprint density at radius 3 is 2.54 bits per heavy atom. The summed E-state index contributed by atoms with van der Waals surface area (Å²) >= 11 is 0. The fraction of sp³-hybridized carbons (Fsp3) is 0.318. The second-order valence-corrected chi connectivity index (χ2v) is 7.56. The molecule has 142 valence electrons. The number of piperidine rings is 1. The van der Waals surface area contributed by atoms with Crippen LogP contribution in [0.25, 0.3) is 5.65 Å². The highest BCUT2D eigenvalue weighted by Gasteiger charge is 2.24. The molecule has 0 bridgehead atoms. The lowest BCUT2D eigenvalue weighted by Crippen LogP contribution is -2.33. The number of aromatic nitrogens is 5. The fourth-order valence-electron chi connectivity index (χ4n) is 4.15. The summed E-state index contributed by atoms with van der Waals surface area (Å²) in [7, 11) is 0. The number of hydrogen-bond donors (Lipinski definition) is 0. The molecule has 4 heterocycles. The molecule has 0 atom stereocenters. The summed E-state index contributed by atoms with van der Waals surface area (Å²) in [5, 5.41) is 13.1. The van der Waals surface area contributed by atoms with Gasteiger partial charge in [-0.05, 0) is 55.3 Å². The Bertz CT molecular complexity index is 1040. The number of hydrogen-bond acceptors (Lipinski definition) is 4. The van der Waals surface area contributed by atoms with Crippen LogP contribution in [0.5, 0.6) is 0 Å². The van der Waals surface area contributed by atoms with Gasteiger partial charge in [0.15, 0.2) is 5.65 Å². The van der Waals surface area contributed by atoms with Gasteiger partial charge in [0.25, 0.3) is 0 Å². The number of rotatable bonds is 5. The minimum Gasteiger partial charge on any atom is -0.299 e. The van der Waals surface area contributed by atoms with Crippen molar-refractivity contribution in [1.82, 2.24) is 29.3 Å². The van der Waals surface area contributed by atoms with Gasteiger partial charge in [0.1, 0.15) is 5.82 Å². The molecule has 28 heavy (non-hydrogen) atoms. The van der Waals surface area contributed by atoms with E-state index in [-0.39, 0.29) is 0 Å². The van der Waals surface area contributed by atoms with Crippen molar-refractivity contribution in [3.63, 3.8) is 0 Å². The molecule has 0 unspecified atom stereocenters. The lowest BCUT2D eigenvalue weighted by atomic mass is 9.95. The van der Waals surface area contributed by atoms with Gasteiger partial charge < -0.3 is 0 Å². The smallest absolute Gasteiger partial charge is 0.160 e. The van der Waals surface area contributed by atoms with Gasteiger partial charge in [-0.25, -0.2) is 0 Å². The molecule has 6 nitrogen and oxygen atoms in total. The van der Waals surface area contributed by atoms with Crippen LogP contribution in [0.3, 0.4) is 0 Å². The van der Waals surface area contributed by atoms with Crippen molar-refractivity contribution in [2.45, 2.75) is 31.8 Å². The molecular weight excluding hydrogens is 348 g/mol. The number of benzene rings is 1. The van der Waals surface area contributed by atoms with E-state index in [4.69, 9.17) is 0 Å². The average molecular weight is 372 g/mol. The molecule has 1 fully saturated rings. The summed E-state index contributed by atoms with van der Waals surface area (Å²) in [5.74, 6) is 1.59. The van der Waals surface area contributed by atoms with Crippen LogP contribution in [-0.4, -0.2) is 42.4 Å². The standard InChI is InChI=1S/C22H24N6/c1-2-12-28-21(7-1)24-25-22(28)20-8-13-26(14-9-20)16-18-5-3-6-19(15-18)17-27-11-4-10-23-27/h1-7,10-12,15,20H,8-9,13-14,16-17H2. The first-order valence-corrected chi connectivity index (χ1v) is 9.92. The Hall–Kier alpha value is -2.99. The van der Waals surface area contributed by atoms with E-state index in [0.29, 0.717) is 5.92 Å². The number of nitrogens with zero attached hydrogens (tertiary/aromatic N) is 6. The van der Waals surface area contributed by atoms with Crippen LogP contribution in [0.1, 0.15) is 35.7 Å². The fourth-order valence-corrected chi connectivity index (χ4v) is 4.15. The normalized spacial score (nSPS) is 16.0. The zero-order valence-corrected chi connectivity index (χ0v) is 15.9. The first-order valence-electron chi connectivity index (χ1n) is 9.92. The third kappa shape index (κ3) is 3.55. The average Bonchev–Trinajstić information content (AvgIpc) is 3.39. The van der Waals surface area contributed by atoms with Gasteiger partial charge in [0, 0.05) is 31.1 Å². The monoisotopic (exact) mass is 372 g/mol. The second-order valence-electron chi connectivity index (χ2n) is 7.56. The van der Waals surface area contributed by atoms with Gasteiger partial charge in [0.05, 0.1) is 6.54 Å². The first kappa shape index (κ1) is 17.1. The maximum Gasteiger partial charge on any atom is 0.160 e. The molecule has 1 saturated heterocycles. The molecule has 6 heteroatoms. The van der Waals surface area contributed by atoms with Crippen molar-refractivity contribution >= 4 is 5.65 Å². The Morgan fingerprint density at radius 1 is 0.857 bits per heavy atom. The minimum absolute atomic E-state index is 0.486. The number of fused-ring (bicyclic) bond motifs is 1. The zero-order valence-electron chi connectivity index (χ0n) is 15.9. The van der Waals surface area contributed by atoms with Gasteiger partial charge in [-0.1, -0.05) is 30.3 Å². The number of likely N-dealkylation sites (tertiary alicyclic amines) is 1. The predicted octanol–water partition coefficient (Wildman–Crippen LogP) is 3.35. The van der Waals surface area contributed by atoms with Gasteiger partial charge in [-0.3, -0.25) is 14.0 Å². The van der Waals surface area contributed by atoms with E-state index >= 15 is 0 Å². The molecule has 0 radical (unpaired) electrons. The minimum atomic E-state index is 0.486. The highest BCUT2D eigenvalue weighted by atomic mass is 15.3. The molecule has 0 spiro atoms. The topological polar surface area (TPSA) is 51.3 Å². The summed E-state index contributed by atoms with van der Waals surface area (Å²) in [5.41, 5.74) is 3.61. The van der Waals surface area contributed by atoms with Crippen LogP contribution in [0.15, 0.2) is 67.1 Å². The van der Waals surface area contributed by atoms with Crippen LogP contribution in [0.2, 0.25) is 0 Å². The van der Waals surface area contributed by atoms with Crippen molar-refractivity contribution < 1.29 is 0 Å². The van der Waals surface area contributed by atoms with E-state index in [0.717, 1.165) is 50.5 Å². The summed E-state index contributed by atoms with van der Waals surface area (Å²) in [6, 6.07) is 16.9. The van der Waals surface area contributed by atoms with Crippen LogP contribution in [0.4, 0.5) is 0 Å². The van der Waals surface area contributed by atoms with Gasteiger partial charge >= 0.3 is 0 Å². The van der Waals surface area contributed by atoms with E-state index in [1.54, 1.807) is 0 Å². The molecule has 0 amide bonds. The third-order valence-corrected chi connectivity index (χ3v) is 5.59. The first-order chi connectivity index (χ1) is 13.8. The van der Waals surface area contributed by atoms with E-state index in [1.165, 1.54) is 11.1 Å². The molecular formula is C22H24N6. The molecule has 0 saturated carbocycles. The predicted molar refractivity (Wildman–Crippen MR) is 108 cm³/mol. The largest absolute Gasteiger partial charge is 0.299 e. The van der Waals surface area contributed by atoms with E-state index in [9.17, 15) is 0 Å². The van der Waals surface area contributed by atoms with E-state index in [2.05, 4.69) is 55.1 Å². The van der Waals surface area contributed by atoms with Gasteiger partial charge in [-0.2, -0.15) is 5.10 Å². The van der Waals surface area contributed by atoms with Crippen LogP contribution in [-0.2, 0) is 13.1 Å². The molecule has 1 aliphatic heterocycles. The maximum atomic E-state index is 4.46. The maximum absolute atomic E-state index is 4.46.